The maximum Gasteiger partial charge on any atom is 0.359 e. The van der Waals surface area contributed by atoms with Crippen molar-refractivity contribution in [3.63, 3.8) is 0 Å². The average Bonchev–Trinajstić information content (AvgIpc) is 2.29. The van der Waals surface area contributed by atoms with Gasteiger partial charge in [0.1, 0.15) is 0 Å². The first-order chi connectivity index (χ1) is 7.95. The molecule has 1 aromatic heterocycles. The predicted octanol–water partition coefficient (Wildman–Crippen LogP) is 0.883. The van der Waals surface area contributed by atoms with Crippen molar-refractivity contribution in [1.29, 1.82) is 0 Å². The Labute approximate surface area is 107 Å². The molecule has 0 saturated heterocycles. The number of nitrogens with two attached hydrogens (primary N) is 1. The molecule has 0 unspecified atom stereocenters. The van der Waals surface area contributed by atoms with E-state index in [0.717, 1.165) is 0 Å². The fourth-order valence-electron chi connectivity index (χ4n) is 0.867. The molecule has 0 spiro atoms. The second-order valence-electron chi connectivity index (χ2n) is 3.00. The van der Waals surface area contributed by atoms with Gasteiger partial charge in [-0.25, -0.2) is 14.8 Å². The lowest BCUT2D eigenvalue weighted by molar-refractivity contribution is -0.125. The van der Waals surface area contributed by atoms with E-state index in [2.05, 4.69) is 9.97 Å². The average molecular weight is 276 g/mol. The van der Waals surface area contributed by atoms with Gasteiger partial charge in [-0.1, -0.05) is 23.4 Å². The van der Waals surface area contributed by atoms with Crippen LogP contribution in [0.15, 0.2) is 11.4 Å². The summed E-state index contributed by atoms with van der Waals surface area (Å²) in [7, 11) is 0. The standard InChI is InChI=1S/C9H10ClN3O3S/c1-4(7(11)14)16-8(15)6-5(10)3-12-9(13-6)17-2/h3-4H,1-2H3,(H2,11,14)/t4-/m1/s1. The van der Waals surface area contributed by atoms with E-state index < -0.39 is 18.0 Å². The predicted molar refractivity (Wildman–Crippen MR) is 62.9 cm³/mol. The van der Waals surface area contributed by atoms with E-state index in [0.29, 0.717) is 5.16 Å². The first kappa shape index (κ1) is 13.7. The summed E-state index contributed by atoms with van der Waals surface area (Å²) in [6.45, 7) is 1.37. The van der Waals surface area contributed by atoms with Crippen LogP contribution in [-0.4, -0.2) is 34.2 Å². The molecule has 0 radical (unpaired) electrons. The maximum absolute atomic E-state index is 11.6. The van der Waals surface area contributed by atoms with E-state index in [-0.39, 0.29) is 10.7 Å². The van der Waals surface area contributed by atoms with Crippen molar-refractivity contribution in [3.8, 4) is 0 Å². The summed E-state index contributed by atoms with van der Waals surface area (Å²) < 4.78 is 4.78. The van der Waals surface area contributed by atoms with Crippen LogP contribution in [0, 0.1) is 0 Å². The Morgan fingerprint density at radius 3 is 2.76 bits per heavy atom. The highest BCUT2D eigenvalue weighted by atomic mass is 35.5. The van der Waals surface area contributed by atoms with Gasteiger partial charge < -0.3 is 10.5 Å². The molecule has 0 saturated carbocycles. The van der Waals surface area contributed by atoms with Gasteiger partial charge in [0.25, 0.3) is 5.91 Å². The molecule has 92 valence electrons. The molecule has 0 aliphatic carbocycles. The van der Waals surface area contributed by atoms with Gasteiger partial charge in [0.15, 0.2) is 17.0 Å². The Bertz CT molecular complexity index is 455. The van der Waals surface area contributed by atoms with Crippen LogP contribution < -0.4 is 5.73 Å². The third-order valence-corrected chi connectivity index (χ3v) is 2.62. The zero-order chi connectivity index (χ0) is 13.0. The molecule has 8 heteroatoms. The molecule has 1 amide bonds. The molecular formula is C9H10ClN3O3S. The Kier molecular flexibility index (Phi) is 4.71. The van der Waals surface area contributed by atoms with Crippen molar-refractivity contribution in [1.82, 2.24) is 9.97 Å². The summed E-state index contributed by atoms with van der Waals surface area (Å²) in [5, 5.41) is 0.442. The van der Waals surface area contributed by atoms with E-state index >= 15 is 0 Å². The molecule has 0 aromatic carbocycles. The Morgan fingerprint density at radius 2 is 2.24 bits per heavy atom. The van der Waals surface area contributed by atoms with Crippen molar-refractivity contribution in [2.75, 3.05) is 6.26 Å². The van der Waals surface area contributed by atoms with Crippen molar-refractivity contribution < 1.29 is 14.3 Å². The molecule has 0 bridgehead atoms. The van der Waals surface area contributed by atoms with Crippen molar-refractivity contribution in [2.45, 2.75) is 18.2 Å². The zero-order valence-corrected chi connectivity index (χ0v) is 10.7. The van der Waals surface area contributed by atoms with Crippen LogP contribution in [0.4, 0.5) is 0 Å². The number of halogens is 1. The van der Waals surface area contributed by atoms with Gasteiger partial charge in [-0.05, 0) is 13.2 Å². The molecule has 1 atom stereocenters. The number of amides is 1. The smallest absolute Gasteiger partial charge is 0.359 e. The zero-order valence-electron chi connectivity index (χ0n) is 9.14. The normalized spacial score (nSPS) is 11.9. The van der Waals surface area contributed by atoms with Crippen LogP contribution in [0.25, 0.3) is 0 Å². The fourth-order valence-corrected chi connectivity index (χ4v) is 1.38. The molecule has 0 fully saturated rings. The van der Waals surface area contributed by atoms with Gasteiger partial charge in [-0.2, -0.15) is 0 Å². The van der Waals surface area contributed by atoms with Gasteiger partial charge in [-0.15, -0.1) is 0 Å². The van der Waals surface area contributed by atoms with Gasteiger partial charge in [0.2, 0.25) is 0 Å². The lowest BCUT2D eigenvalue weighted by Gasteiger charge is -2.09. The second kappa shape index (κ2) is 5.83. The number of carbonyl (C=O) groups is 2. The van der Waals surface area contributed by atoms with E-state index in [1.165, 1.54) is 24.9 Å². The van der Waals surface area contributed by atoms with Gasteiger partial charge >= 0.3 is 5.97 Å². The lowest BCUT2D eigenvalue weighted by atomic mass is 10.3. The molecular weight excluding hydrogens is 266 g/mol. The van der Waals surface area contributed by atoms with E-state index in [9.17, 15) is 9.59 Å². The molecule has 0 aliphatic heterocycles. The number of nitrogens with zero attached hydrogens (tertiary/aromatic N) is 2. The Balaban J connectivity index is 2.91. The topological polar surface area (TPSA) is 95.2 Å². The highest BCUT2D eigenvalue weighted by molar-refractivity contribution is 7.98. The summed E-state index contributed by atoms with van der Waals surface area (Å²) in [5.41, 5.74) is 4.89. The largest absolute Gasteiger partial charge is 0.448 e. The molecule has 17 heavy (non-hydrogen) atoms. The van der Waals surface area contributed by atoms with Crippen LogP contribution in [0.3, 0.4) is 0 Å². The van der Waals surface area contributed by atoms with Gasteiger partial charge in [0, 0.05) is 0 Å². The molecule has 1 heterocycles. The first-order valence-corrected chi connectivity index (χ1v) is 6.12. The van der Waals surface area contributed by atoms with Crippen LogP contribution in [0.2, 0.25) is 5.02 Å². The summed E-state index contributed by atoms with van der Waals surface area (Å²) in [6.07, 6.45) is 2.02. The van der Waals surface area contributed by atoms with Crippen LogP contribution in [-0.2, 0) is 9.53 Å². The third-order valence-electron chi connectivity index (χ3n) is 1.78. The lowest BCUT2D eigenvalue weighted by Crippen LogP contribution is -2.30. The minimum absolute atomic E-state index is 0.0597. The second-order valence-corrected chi connectivity index (χ2v) is 4.18. The molecule has 6 nitrogen and oxygen atoms in total. The number of ether oxygens (including phenoxy) is 1. The van der Waals surface area contributed by atoms with Crippen LogP contribution in [0.1, 0.15) is 17.4 Å². The summed E-state index contributed by atoms with van der Waals surface area (Å²) in [6, 6.07) is 0. The van der Waals surface area contributed by atoms with E-state index in [1.807, 2.05) is 0 Å². The van der Waals surface area contributed by atoms with Crippen LogP contribution in [0.5, 0.6) is 0 Å². The number of hydrogen-bond acceptors (Lipinski definition) is 6. The number of hydrogen-bond donors (Lipinski definition) is 1. The number of esters is 1. The van der Waals surface area contributed by atoms with E-state index in [1.54, 1.807) is 6.26 Å². The third kappa shape index (κ3) is 3.57. The number of thioether (sulfide) groups is 1. The quantitative estimate of drug-likeness (QED) is 0.498. The Hall–Kier alpha value is -1.34. The van der Waals surface area contributed by atoms with Crippen molar-refractivity contribution in [2.24, 2.45) is 5.73 Å². The number of rotatable bonds is 4. The SMILES string of the molecule is CSc1ncc(Cl)c(C(=O)O[C@H](C)C(N)=O)n1. The molecule has 0 aliphatic rings. The van der Waals surface area contributed by atoms with Crippen LogP contribution >= 0.6 is 23.4 Å². The highest BCUT2D eigenvalue weighted by Crippen LogP contribution is 2.17. The molecule has 2 N–H and O–H groups in total. The minimum Gasteiger partial charge on any atom is -0.448 e. The fraction of sp³-hybridized carbons (Fsp3) is 0.333. The summed E-state index contributed by atoms with van der Waals surface area (Å²) in [4.78, 5) is 30.2. The molecule has 1 rings (SSSR count). The number of primary amides is 1. The summed E-state index contributed by atoms with van der Waals surface area (Å²) in [5.74, 6) is -1.55. The van der Waals surface area contributed by atoms with Gasteiger partial charge in [-0.3, -0.25) is 4.79 Å². The number of carbonyl (C=O) groups excluding carboxylic acids is 2. The van der Waals surface area contributed by atoms with Crippen molar-refractivity contribution in [3.05, 3.63) is 16.9 Å². The first-order valence-electron chi connectivity index (χ1n) is 4.52. The Morgan fingerprint density at radius 1 is 1.59 bits per heavy atom. The molecule has 1 aromatic rings. The monoisotopic (exact) mass is 275 g/mol. The van der Waals surface area contributed by atoms with Crippen molar-refractivity contribution >= 4 is 35.2 Å². The van der Waals surface area contributed by atoms with Gasteiger partial charge in [0.05, 0.1) is 11.2 Å². The minimum atomic E-state index is -1.04. The van der Waals surface area contributed by atoms with E-state index in [4.69, 9.17) is 22.1 Å². The summed E-state index contributed by atoms with van der Waals surface area (Å²) >= 11 is 7.01. The number of aromatic nitrogens is 2. The maximum atomic E-state index is 11.6. The highest BCUT2D eigenvalue weighted by Gasteiger charge is 2.20.